The van der Waals surface area contributed by atoms with Crippen molar-refractivity contribution < 1.29 is 22.6 Å². The first-order chi connectivity index (χ1) is 19.4. The minimum Gasteiger partial charge on any atom is -0.486 e. The average Bonchev–Trinajstić information content (AvgIpc) is 3.58. The minimum absolute atomic E-state index is 0.0989. The van der Waals surface area contributed by atoms with Crippen LogP contribution in [-0.4, -0.2) is 22.3 Å². The predicted molar refractivity (Wildman–Crippen MR) is 149 cm³/mol. The molecule has 1 aromatic heterocycles. The van der Waals surface area contributed by atoms with Crippen molar-refractivity contribution in [2.45, 2.75) is 38.5 Å². The Bertz CT molecular complexity index is 1680. The number of rotatable bonds is 8. The molecule has 6 rings (SSSR count). The summed E-state index contributed by atoms with van der Waals surface area (Å²) in [5.41, 5.74) is 3.67. The molecule has 40 heavy (non-hydrogen) atoms. The third kappa shape index (κ3) is 5.58. The highest BCUT2D eigenvalue weighted by atomic mass is 35.5. The second kappa shape index (κ2) is 11.4. The molecule has 4 nitrogen and oxygen atoms in total. The van der Waals surface area contributed by atoms with E-state index < -0.39 is 17.5 Å². The molecule has 4 aromatic carbocycles. The standard InChI is InChI=1S/C32H26ClF3N2O2/c33-23-10-8-22(27(35)17-23)19-40-31-16-21(9-12-26(31)34)25-11-7-20(14-28(25)36)15-32-37-29-5-1-2-6-30(29)38(32)18-24-4-3-13-39-24/h1-2,5-12,14,16-17,24H,3-4,13,15,18-19H2. The number of para-hydroxylation sites is 2. The summed E-state index contributed by atoms with van der Waals surface area (Å²) in [6.45, 7) is 1.28. The molecule has 0 amide bonds. The number of fused-ring (bicyclic) bond motifs is 1. The molecule has 204 valence electrons. The molecule has 5 aromatic rings. The van der Waals surface area contributed by atoms with E-state index in [2.05, 4.69) is 4.57 Å². The zero-order chi connectivity index (χ0) is 27.6. The monoisotopic (exact) mass is 562 g/mol. The van der Waals surface area contributed by atoms with Crippen molar-refractivity contribution in [1.29, 1.82) is 0 Å². The summed E-state index contributed by atoms with van der Waals surface area (Å²) in [5, 5.41) is 0.258. The van der Waals surface area contributed by atoms with Crippen molar-refractivity contribution in [2.24, 2.45) is 0 Å². The third-order valence-electron chi connectivity index (χ3n) is 7.18. The van der Waals surface area contributed by atoms with E-state index in [9.17, 15) is 8.78 Å². The van der Waals surface area contributed by atoms with E-state index in [4.69, 9.17) is 26.1 Å². The van der Waals surface area contributed by atoms with Crippen LogP contribution in [-0.2, 0) is 24.3 Å². The number of hydrogen-bond donors (Lipinski definition) is 0. The van der Waals surface area contributed by atoms with Crippen LogP contribution >= 0.6 is 11.6 Å². The van der Waals surface area contributed by atoms with Gasteiger partial charge in [0.15, 0.2) is 11.6 Å². The fourth-order valence-corrected chi connectivity index (χ4v) is 5.28. The molecule has 0 N–H and O–H groups in total. The van der Waals surface area contributed by atoms with Crippen LogP contribution in [0.5, 0.6) is 5.75 Å². The van der Waals surface area contributed by atoms with Crippen LogP contribution in [0, 0.1) is 17.5 Å². The van der Waals surface area contributed by atoms with Gasteiger partial charge >= 0.3 is 0 Å². The van der Waals surface area contributed by atoms with Gasteiger partial charge in [0.05, 0.1) is 23.7 Å². The Hall–Kier alpha value is -3.81. The van der Waals surface area contributed by atoms with Gasteiger partial charge in [-0.3, -0.25) is 0 Å². The quantitative estimate of drug-likeness (QED) is 0.192. The van der Waals surface area contributed by atoms with Gasteiger partial charge in [-0.1, -0.05) is 48.0 Å². The molecule has 0 spiro atoms. The molecule has 2 heterocycles. The summed E-state index contributed by atoms with van der Waals surface area (Å²) < 4.78 is 57.6. The van der Waals surface area contributed by atoms with Crippen molar-refractivity contribution in [2.75, 3.05) is 6.61 Å². The number of hydrogen-bond acceptors (Lipinski definition) is 3. The molecule has 8 heteroatoms. The fraction of sp³-hybridized carbons (Fsp3) is 0.219. The SMILES string of the molecule is Fc1cc(Cl)ccc1COc1cc(-c2ccc(Cc3nc4ccccc4n3CC3CCCO3)cc2F)ccc1F. The number of ether oxygens (including phenoxy) is 2. The molecule has 0 aliphatic carbocycles. The highest BCUT2D eigenvalue weighted by molar-refractivity contribution is 6.30. The van der Waals surface area contributed by atoms with Crippen LogP contribution in [0.4, 0.5) is 13.2 Å². The Kier molecular flexibility index (Phi) is 7.50. The van der Waals surface area contributed by atoms with Gasteiger partial charge in [-0.2, -0.15) is 0 Å². The molecule has 1 aliphatic heterocycles. The summed E-state index contributed by atoms with van der Waals surface area (Å²) in [5.74, 6) is -0.871. The van der Waals surface area contributed by atoms with Gasteiger partial charge < -0.3 is 14.0 Å². The average molecular weight is 563 g/mol. The van der Waals surface area contributed by atoms with E-state index in [1.165, 1.54) is 42.5 Å². The Morgan fingerprint density at radius 2 is 1.80 bits per heavy atom. The van der Waals surface area contributed by atoms with E-state index >= 15 is 4.39 Å². The predicted octanol–water partition coefficient (Wildman–Crippen LogP) is 8.12. The number of aromatic nitrogens is 2. The first-order valence-corrected chi connectivity index (χ1v) is 13.5. The molecule has 1 saturated heterocycles. The zero-order valence-corrected chi connectivity index (χ0v) is 22.3. The molecule has 1 fully saturated rings. The lowest BCUT2D eigenvalue weighted by molar-refractivity contribution is 0.0973. The van der Waals surface area contributed by atoms with E-state index in [0.29, 0.717) is 24.1 Å². The van der Waals surface area contributed by atoms with Gasteiger partial charge in [0.1, 0.15) is 24.1 Å². The first kappa shape index (κ1) is 26.4. The van der Waals surface area contributed by atoms with Gasteiger partial charge in [0.25, 0.3) is 0 Å². The Morgan fingerprint density at radius 1 is 0.925 bits per heavy atom. The van der Waals surface area contributed by atoms with Crippen LogP contribution in [0.1, 0.15) is 29.8 Å². The molecular formula is C32H26ClF3N2O2. The lowest BCUT2D eigenvalue weighted by Gasteiger charge is -2.15. The maximum atomic E-state index is 15.4. The van der Waals surface area contributed by atoms with E-state index in [1.54, 1.807) is 6.07 Å². The summed E-state index contributed by atoms with van der Waals surface area (Å²) in [4.78, 5) is 4.83. The first-order valence-electron chi connectivity index (χ1n) is 13.2. The van der Waals surface area contributed by atoms with Gasteiger partial charge in [-0.15, -0.1) is 0 Å². The lowest BCUT2D eigenvalue weighted by Crippen LogP contribution is -2.17. The minimum atomic E-state index is -0.625. The summed E-state index contributed by atoms with van der Waals surface area (Å²) in [7, 11) is 0. The Balaban J connectivity index is 1.23. The molecule has 1 unspecified atom stereocenters. The van der Waals surface area contributed by atoms with E-state index in [0.717, 1.165) is 41.9 Å². The summed E-state index contributed by atoms with van der Waals surface area (Å²) in [6.07, 6.45) is 2.64. The number of imidazole rings is 1. The van der Waals surface area contributed by atoms with Crippen LogP contribution in [0.25, 0.3) is 22.2 Å². The van der Waals surface area contributed by atoms with Gasteiger partial charge in [-0.25, -0.2) is 18.2 Å². The lowest BCUT2D eigenvalue weighted by atomic mass is 10.0. The van der Waals surface area contributed by atoms with Crippen LogP contribution in [0.3, 0.4) is 0 Å². The van der Waals surface area contributed by atoms with Crippen molar-refractivity contribution in [3.05, 3.63) is 118 Å². The molecular weight excluding hydrogens is 537 g/mol. The number of halogens is 4. The smallest absolute Gasteiger partial charge is 0.165 e. The van der Waals surface area contributed by atoms with Crippen LogP contribution in [0.2, 0.25) is 5.02 Å². The molecule has 0 saturated carbocycles. The van der Waals surface area contributed by atoms with Crippen molar-refractivity contribution in [3.8, 4) is 16.9 Å². The second-order valence-corrected chi connectivity index (χ2v) is 10.4. The maximum Gasteiger partial charge on any atom is 0.165 e. The molecule has 0 radical (unpaired) electrons. The third-order valence-corrected chi connectivity index (χ3v) is 7.42. The number of nitrogens with zero attached hydrogens (tertiary/aromatic N) is 2. The maximum absolute atomic E-state index is 15.4. The van der Waals surface area contributed by atoms with Gasteiger partial charge in [0, 0.05) is 29.2 Å². The van der Waals surface area contributed by atoms with Crippen molar-refractivity contribution >= 4 is 22.6 Å². The Morgan fingerprint density at radius 3 is 2.60 bits per heavy atom. The molecule has 1 atom stereocenters. The number of benzene rings is 4. The van der Waals surface area contributed by atoms with E-state index in [-0.39, 0.29) is 29.0 Å². The highest BCUT2D eigenvalue weighted by Gasteiger charge is 2.20. The van der Waals surface area contributed by atoms with Gasteiger partial charge in [0.2, 0.25) is 0 Å². The second-order valence-electron chi connectivity index (χ2n) is 9.92. The van der Waals surface area contributed by atoms with Crippen LogP contribution < -0.4 is 4.74 Å². The van der Waals surface area contributed by atoms with Crippen LogP contribution in [0.15, 0.2) is 78.9 Å². The molecule has 1 aliphatic rings. The van der Waals surface area contributed by atoms with Gasteiger partial charge in [-0.05, 0) is 66.4 Å². The fourth-order valence-electron chi connectivity index (χ4n) is 5.12. The molecule has 0 bridgehead atoms. The summed E-state index contributed by atoms with van der Waals surface area (Å²) in [6, 6.07) is 21.3. The zero-order valence-electron chi connectivity index (χ0n) is 21.5. The Labute approximate surface area is 234 Å². The van der Waals surface area contributed by atoms with E-state index in [1.807, 2.05) is 30.3 Å². The summed E-state index contributed by atoms with van der Waals surface area (Å²) >= 11 is 5.79. The van der Waals surface area contributed by atoms with Crippen molar-refractivity contribution in [1.82, 2.24) is 9.55 Å². The largest absolute Gasteiger partial charge is 0.486 e. The normalized spacial score (nSPS) is 15.2. The highest BCUT2D eigenvalue weighted by Crippen LogP contribution is 2.31. The van der Waals surface area contributed by atoms with Crippen molar-refractivity contribution in [3.63, 3.8) is 0 Å². The topological polar surface area (TPSA) is 36.3 Å².